The van der Waals surface area contributed by atoms with Gasteiger partial charge < -0.3 is 4.42 Å². The summed E-state index contributed by atoms with van der Waals surface area (Å²) in [6.07, 6.45) is 5.84. The van der Waals surface area contributed by atoms with Gasteiger partial charge in [-0.05, 0) is 31.0 Å². The zero-order valence-corrected chi connectivity index (χ0v) is 10.8. The van der Waals surface area contributed by atoms with E-state index in [2.05, 4.69) is 18.9 Å². The third-order valence-corrected chi connectivity index (χ3v) is 3.12. The van der Waals surface area contributed by atoms with E-state index < -0.39 is 0 Å². The van der Waals surface area contributed by atoms with Gasteiger partial charge in [0, 0.05) is 6.20 Å². The number of carbonyl (C=O) groups is 1. The van der Waals surface area contributed by atoms with Crippen LogP contribution in [-0.4, -0.2) is 15.6 Å². The van der Waals surface area contributed by atoms with Crippen LogP contribution in [-0.2, 0) is 6.42 Å². The molecule has 0 aliphatic heterocycles. The van der Waals surface area contributed by atoms with Crippen LogP contribution >= 0.6 is 0 Å². The first-order valence-corrected chi connectivity index (χ1v) is 6.35. The summed E-state index contributed by atoms with van der Waals surface area (Å²) in [6, 6.07) is 5.72. The molecule has 96 valence electrons. The summed E-state index contributed by atoms with van der Waals surface area (Å²) in [5.41, 5.74) is 0.795. The normalized spacial score (nSPS) is 11.1. The zero-order valence-electron chi connectivity index (χ0n) is 10.8. The first kappa shape index (κ1) is 12.6. The summed E-state index contributed by atoms with van der Waals surface area (Å²) < 4.78 is 7.03. The summed E-state index contributed by atoms with van der Waals surface area (Å²) >= 11 is 0. The van der Waals surface area contributed by atoms with Gasteiger partial charge in [-0.25, -0.2) is 0 Å². The van der Waals surface area contributed by atoms with E-state index in [4.69, 9.17) is 4.42 Å². The first-order chi connectivity index (χ1) is 8.74. The average molecular weight is 246 g/mol. The fourth-order valence-corrected chi connectivity index (χ4v) is 2.03. The Bertz CT molecular complexity index is 496. The highest BCUT2D eigenvalue weighted by Gasteiger charge is 2.13. The van der Waals surface area contributed by atoms with Gasteiger partial charge in [-0.1, -0.05) is 13.8 Å². The van der Waals surface area contributed by atoms with E-state index in [1.54, 1.807) is 12.1 Å². The van der Waals surface area contributed by atoms with E-state index in [1.165, 1.54) is 6.26 Å². The minimum Gasteiger partial charge on any atom is -0.461 e. The molecule has 4 nitrogen and oxygen atoms in total. The predicted molar refractivity (Wildman–Crippen MR) is 68.6 cm³/mol. The van der Waals surface area contributed by atoms with Crippen molar-refractivity contribution in [3.05, 3.63) is 42.1 Å². The number of ketones is 1. The van der Waals surface area contributed by atoms with Crippen molar-refractivity contribution in [3.8, 4) is 0 Å². The van der Waals surface area contributed by atoms with E-state index >= 15 is 0 Å². The minimum atomic E-state index is -0.0326. The Kier molecular flexibility index (Phi) is 3.97. The molecule has 0 atom stereocenters. The molecule has 0 bridgehead atoms. The first-order valence-electron chi connectivity index (χ1n) is 6.35. The lowest BCUT2D eigenvalue weighted by Gasteiger charge is -2.12. The maximum atomic E-state index is 11.9. The molecule has 0 unspecified atom stereocenters. The smallest absolute Gasteiger partial charge is 0.203 e. The molecule has 4 heteroatoms. The van der Waals surface area contributed by atoms with Gasteiger partial charge in [0.05, 0.1) is 24.4 Å². The summed E-state index contributed by atoms with van der Waals surface area (Å²) in [7, 11) is 0. The van der Waals surface area contributed by atoms with Crippen molar-refractivity contribution < 1.29 is 9.21 Å². The van der Waals surface area contributed by atoms with Crippen LogP contribution in [0.1, 0.15) is 49.0 Å². The van der Waals surface area contributed by atoms with Gasteiger partial charge in [0.25, 0.3) is 0 Å². The number of hydrogen-bond acceptors (Lipinski definition) is 3. The Balaban J connectivity index is 2.05. The molecular formula is C14H18N2O2. The number of nitrogens with zero attached hydrogens (tertiary/aromatic N) is 2. The third kappa shape index (κ3) is 2.70. The fraction of sp³-hybridized carbons (Fsp3) is 0.429. The zero-order chi connectivity index (χ0) is 13.0. The van der Waals surface area contributed by atoms with E-state index in [0.717, 1.165) is 18.5 Å². The van der Waals surface area contributed by atoms with E-state index in [1.807, 2.05) is 16.9 Å². The Morgan fingerprint density at radius 2 is 2.17 bits per heavy atom. The summed E-state index contributed by atoms with van der Waals surface area (Å²) in [5, 5.41) is 4.46. The Labute approximate surface area is 107 Å². The standard InChI is InChI=1S/C14H18N2O2/c1-3-12(4-2)16-8-7-11(15-16)10-13(17)14-6-5-9-18-14/h5-9,12H,3-4,10H2,1-2H3. The quantitative estimate of drug-likeness (QED) is 0.735. The Morgan fingerprint density at radius 3 is 2.78 bits per heavy atom. The maximum Gasteiger partial charge on any atom is 0.203 e. The van der Waals surface area contributed by atoms with Crippen molar-refractivity contribution >= 4 is 5.78 Å². The molecule has 0 amide bonds. The van der Waals surface area contributed by atoms with E-state index in [-0.39, 0.29) is 5.78 Å². The number of carbonyl (C=O) groups excluding carboxylic acids is 1. The predicted octanol–water partition coefficient (Wildman–Crippen LogP) is 3.26. The molecule has 0 radical (unpaired) electrons. The second kappa shape index (κ2) is 5.67. The van der Waals surface area contributed by atoms with Crippen LogP contribution < -0.4 is 0 Å². The van der Waals surface area contributed by atoms with Gasteiger partial charge in [-0.3, -0.25) is 9.48 Å². The maximum absolute atomic E-state index is 11.9. The molecular weight excluding hydrogens is 228 g/mol. The number of Topliss-reactive ketones (excluding diaryl/α,β-unsaturated/α-hetero) is 1. The Morgan fingerprint density at radius 1 is 1.39 bits per heavy atom. The molecule has 0 aromatic carbocycles. The molecule has 2 heterocycles. The highest BCUT2D eigenvalue weighted by Crippen LogP contribution is 2.15. The van der Waals surface area contributed by atoms with Crippen molar-refractivity contribution in [1.29, 1.82) is 0 Å². The van der Waals surface area contributed by atoms with Crippen LogP contribution in [0.25, 0.3) is 0 Å². The highest BCUT2D eigenvalue weighted by molar-refractivity contribution is 5.94. The third-order valence-electron chi connectivity index (χ3n) is 3.12. The molecule has 0 saturated carbocycles. The van der Waals surface area contributed by atoms with Crippen molar-refractivity contribution in [2.24, 2.45) is 0 Å². The van der Waals surface area contributed by atoms with Gasteiger partial charge in [0.1, 0.15) is 0 Å². The van der Waals surface area contributed by atoms with Crippen molar-refractivity contribution in [3.63, 3.8) is 0 Å². The molecule has 0 fully saturated rings. The summed E-state index contributed by atoms with van der Waals surface area (Å²) in [6.45, 7) is 4.28. The van der Waals surface area contributed by atoms with Crippen molar-refractivity contribution in [2.75, 3.05) is 0 Å². The molecule has 0 aliphatic rings. The molecule has 0 saturated heterocycles. The number of rotatable bonds is 6. The molecule has 18 heavy (non-hydrogen) atoms. The second-order valence-corrected chi connectivity index (χ2v) is 4.33. The van der Waals surface area contributed by atoms with E-state index in [9.17, 15) is 4.79 Å². The van der Waals surface area contributed by atoms with E-state index in [0.29, 0.717) is 18.2 Å². The molecule has 2 aromatic heterocycles. The Hall–Kier alpha value is -1.84. The number of furan rings is 1. The average Bonchev–Trinajstić information content (AvgIpc) is 3.01. The lowest BCUT2D eigenvalue weighted by atomic mass is 10.2. The summed E-state index contributed by atoms with van der Waals surface area (Å²) in [5.74, 6) is 0.363. The minimum absolute atomic E-state index is 0.0326. The lowest BCUT2D eigenvalue weighted by molar-refractivity contribution is 0.0965. The van der Waals surface area contributed by atoms with Crippen LogP contribution in [0, 0.1) is 0 Å². The van der Waals surface area contributed by atoms with Crippen LogP contribution in [0.15, 0.2) is 35.1 Å². The molecule has 2 aromatic rings. The van der Waals surface area contributed by atoms with Gasteiger partial charge >= 0.3 is 0 Å². The number of aromatic nitrogens is 2. The van der Waals surface area contributed by atoms with Gasteiger partial charge in [0.2, 0.25) is 5.78 Å². The monoisotopic (exact) mass is 246 g/mol. The molecule has 2 rings (SSSR count). The fourth-order valence-electron chi connectivity index (χ4n) is 2.03. The van der Waals surface area contributed by atoms with Crippen molar-refractivity contribution in [2.45, 2.75) is 39.2 Å². The van der Waals surface area contributed by atoms with Gasteiger partial charge in [0.15, 0.2) is 5.76 Å². The van der Waals surface area contributed by atoms with Crippen LogP contribution in [0.4, 0.5) is 0 Å². The van der Waals surface area contributed by atoms with Crippen LogP contribution in [0.3, 0.4) is 0 Å². The van der Waals surface area contributed by atoms with Crippen molar-refractivity contribution in [1.82, 2.24) is 9.78 Å². The second-order valence-electron chi connectivity index (χ2n) is 4.33. The largest absolute Gasteiger partial charge is 0.461 e. The molecule has 0 N–H and O–H groups in total. The van der Waals surface area contributed by atoms with Gasteiger partial charge in [-0.2, -0.15) is 5.10 Å². The SMILES string of the molecule is CCC(CC)n1ccc(CC(=O)c2ccco2)n1. The van der Waals surface area contributed by atoms with Crippen LogP contribution in [0.2, 0.25) is 0 Å². The highest BCUT2D eigenvalue weighted by atomic mass is 16.3. The van der Waals surface area contributed by atoms with Gasteiger partial charge in [-0.15, -0.1) is 0 Å². The topological polar surface area (TPSA) is 48.0 Å². The molecule has 0 aliphatic carbocycles. The summed E-state index contributed by atoms with van der Waals surface area (Å²) in [4.78, 5) is 11.9. The van der Waals surface area contributed by atoms with Crippen LogP contribution in [0.5, 0.6) is 0 Å². The lowest BCUT2D eigenvalue weighted by Crippen LogP contribution is -2.09. The number of hydrogen-bond donors (Lipinski definition) is 0. The molecule has 0 spiro atoms.